The number of amides is 1. The predicted molar refractivity (Wildman–Crippen MR) is 72.1 cm³/mol. The van der Waals surface area contributed by atoms with Crippen molar-refractivity contribution in [2.45, 2.75) is 46.0 Å². The monoisotopic (exact) mass is 233 g/mol. The smallest absolute Gasteiger partial charge is 0.219 e. The number of benzene rings is 1. The highest BCUT2D eigenvalue weighted by Crippen LogP contribution is 2.22. The van der Waals surface area contributed by atoms with E-state index in [1.807, 2.05) is 6.92 Å². The maximum atomic E-state index is 11.1. The number of hydrogen-bond donors (Lipinski definition) is 1. The van der Waals surface area contributed by atoms with Crippen molar-refractivity contribution in [3.63, 3.8) is 0 Å². The first kappa shape index (κ1) is 13.8. The van der Waals surface area contributed by atoms with E-state index in [2.05, 4.69) is 50.4 Å². The minimum Gasteiger partial charge on any atom is -0.356 e. The van der Waals surface area contributed by atoms with E-state index in [0.717, 1.165) is 13.0 Å². The molecule has 1 aromatic carbocycles. The number of carbonyl (C=O) groups is 1. The molecule has 2 nitrogen and oxygen atoms in total. The molecule has 0 radical (unpaired) electrons. The zero-order valence-corrected chi connectivity index (χ0v) is 11.3. The van der Waals surface area contributed by atoms with Crippen molar-refractivity contribution < 1.29 is 4.79 Å². The average molecular weight is 233 g/mol. The normalized spacial score (nSPS) is 11.3. The fraction of sp³-hybridized carbons (Fsp3) is 0.533. The lowest BCUT2D eigenvalue weighted by Crippen LogP contribution is -2.24. The van der Waals surface area contributed by atoms with Crippen molar-refractivity contribution in [1.82, 2.24) is 5.32 Å². The van der Waals surface area contributed by atoms with E-state index in [1.165, 1.54) is 11.1 Å². The maximum Gasteiger partial charge on any atom is 0.219 e. The Bertz CT molecular complexity index is 360. The van der Waals surface area contributed by atoms with Gasteiger partial charge in [0, 0.05) is 13.0 Å². The van der Waals surface area contributed by atoms with E-state index < -0.39 is 0 Å². The van der Waals surface area contributed by atoms with Crippen molar-refractivity contribution in [2.75, 3.05) is 6.54 Å². The second-order valence-electron chi connectivity index (χ2n) is 5.40. The topological polar surface area (TPSA) is 29.1 Å². The van der Waals surface area contributed by atoms with Crippen LogP contribution in [0.1, 0.15) is 45.2 Å². The number of carbonyl (C=O) groups excluding carboxylic acids is 1. The van der Waals surface area contributed by atoms with Gasteiger partial charge in [0.05, 0.1) is 0 Å². The van der Waals surface area contributed by atoms with E-state index in [0.29, 0.717) is 6.42 Å². The molecule has 1 amide bonds. The lowest BCUT2D eigenvalue weighted by molar-refractivity contribution is -0.120. The Labute approximate surface area is 104 Å². The van der Waals surface area contributed by atoms with Gasteiger partial charge < -0.3 is 5.32 Å². The predicted octanol–water partition coefficient (Wildman–Crippen LogP) is 3.05. The number of hydrogen-bond acceptors (Lipinski definition) is 1. The Kier molecular flexibility index (Phi) is 4.73. The summed E-state index contributed by atoms with van der Waals surface area (Å²) in [5.74, 6) is 0.122. The van der Waals surface area contributed by atoms with Gasteiger partial charge >= 0.3 is 0 Å². The molecule has 0 bridgehead atoms. The molecule has 0 saturated carbocycles. The second kappa shape index (κ2) is 5.85. The van der Waals surface area contributed by atoms with Crippen molar-refractivity contribution in [2.24, 2.45) is 0 Å². The van der Waals surface area contributed by atoms with Gasteiger partial charge in [-0.25, -0.2) is 0 Å². The Hall–Kier alpha value is -1.31. The highest BCUT2D eigenvalue weighted by molar-refractivity contribution is 5.75. The van der Waals surface area contributed by atoms with Crippen LogP contribution in [0, 0.1) is 0 Å². The van der Waals surface area contributed by atoms with Gasteiger partial charge in [0.2, 0.25) is 5.91 Å². The minimum atomic E-state index is 0.122. The van der Waals surface area contributed by atoms with Crippen LogP contribution in [-0.2, 0) is 16.6 Å². The van der Waals surface area contributed by atoms with Gasteiger partial charge in [-0.15, -0.1) is 0 Å². The first-order chi connectivity index (χ1) is 7.93. The minimum absolute atomic E-state index is 0.122. The molecule has 0 spiro atoms. The molecule has 0 fully saturated rings. The zero-order chi connectivity index (χ0) is 12.9. The van der Waals surface area contributed by atoms with Crippen LogP contribution in [0.25, 0.3) is 0 Å². The summed E-state index contributed by atoms with van der Waals surface area (Å²) in [5.41, 5.74) is 2.82. The molecule has 0 atom stereocenters. The van der Waals surface area contributed by atoms with Crippen LogP contribution < -0.4 is 5.32 Å². The lowest BCUT2D eigenvalue weighted by atomic mass is 9.86. The van der Waals surface area contributed by atoms with Gasteiger partial charge in [0.15, 0.2) is 0 Å². The standard InChI is InChI=1S/C15H23NO/c1-5-14(17)16-11-10-12-6-8-13(9-7-12)15(2,3)4/h6-9H,5,10-11H2,1-4H3,(H,16,17). The quantitative estimate of drug-likeness (QED) is 0.851. The van der Waals surface area contributed by atoms with Crippen molar-refractivity contribution in [1.29, 1.82) is 0 Å². The third-order valence-electron chi connectivity index (χ3n) is 2.88. The van der Waals surface area contributed by atoms with E-state index >= 15 is 0 Å². The SMILES string of the molecule is CCC(=O)NCCc1ccc(C(C)(C)C)cc1. The molecule has 0 aromatic heterocycles. The summed E-state index contributed by atoms with van der Waals surface area (Å²) in [6, 6.07) is 8.66. The third kappa shape index (κ3) is 4.59. The van der Waals surface area contributed by atoms with Gasteiger partial charge in [0.25, 0.3) is 0 Å². The Morgan fingerprint density at radius 3 is 2.24 bits per heavy atom. The molecule has 0 aliphatic rings. The molecule has 0 aliphatic heterocycles. The van der Waals surface area contributed by atoms with Crippen LogP contribution in [0.4, 0.5) is 0 Å². The molecule has 1 N–H and O–H groups in total. The number of rotatable bonds is 4. The molecule has 0 unspecified atom stereocenters. The summed E-state index contributed by atoms with van der Waals surface area (Å²) in [7, 11) is 0. The van der Waals surface area contributed by atoms with Crippen molar-refractivity contribution in [3.05, 3.63) is 35.4 Å². The first-order valence-corrected chi connectivity index (χ1v) is 6.29. The van der Waals surface area contributed by atoms with Gasteiger partial charge in [-0.3, -0.25) is 4.79 Å². The van der Waals surface area contributed by atoms with Crippen LogP contribution in [0.3, 0.4) is 0 Å². The summed E-state index contributed by atoms with van der Waals surface area (Å²) in [4.78, 5) is 11.1. The summed E-state index contributed by atoms with van der Waals surface area (Å²) >= 11 is 0. The van der Waals surface area contributed by atoms with Crippen molar-refractivity contribution in [3.8, 4) is 0 Å². The van der Waals surface area contributed by atoms with Crippen LogP contribution in [0.15, 0.2) is 24.3 Å². The molecule has 1 aromatic rings. The molecular weight excluding hydrogens is 210 g/mol. The van der Waals surface area contributed by atoms with Crippen LogP contribution >= 0.6 is 0 Å². The molecule has 0 heterocycles. The van der Waals surface area contributed by atoms with Gasteiger partial charge in [-0.05, 0) is 23.0 Å². The molecule has 0 aliphatic carbocycles. The fourth-order valence-electron chi connectivity index (χ4n) is 1.64. The largest absolute Gasteiger partial charge is 0.356 e. The van der Waals surface area contributed by atoms with Crippen LogP contribution in [-0.4, -0.2) is 12.5 Å². The lowest BCUT2D eigenvalue weighted by Gasteiger charge is -2.19. The van der Waals surface area contributed by atoms with E-state index in [4.69, 9.17) is 0 Å². The number of nitrogens with one attached hydrogen (secondary N) is 1. The van der Waals surface area contributed by atoms with Gasteiger partial charge in [0.1, 0.15) is 0 Å². The van der Waals surface area contributed by atoms with E-state index in [9.17, 15) is 4.79 Å². The summed E-state index contributed by atoms with van der Waals surface area (Å²) in [6.45, 7) is 9.23. The highest BCUT2D eigenvalue weighted by Gasteiger charge is 2.12. The molecular formula is C15H23NO. The summed E-state index contributed by atoms with van der Waals surface area (Å²) in [5, 5.41) is 2.89. The van der Waals surface area contributed by atoms with E-state index in [1.54, 1.807) is 0 Å². The molecule has 94 valence electrons. The molecule has 0 saturated heterocycles. The summed E-state index contributed by atoms with van der Waals surface area (Å²) < 4.78 is 0. The Balaban J connectivity index is 2.49. The highest BCUT2D eigenvalue weighted by atomic mass is 16.1. The maximum absolute atomic E-state index is 11.1. The second-order valence-corrected chi connectivity index (χ2v) is 5.40. The van der Waals surface area contributed by atoms with E-state index in [-0.39, 0.29) is 11.3 Å². The average Bonchev–Trinajstić information content (AvgIpc) is 2.28. The van der Waals surface area contributed by atoms with Crippen LogP contribution in [0.2, 0.25) is 0 Å². The Morgan fingerprint density at radius 2 is 1.76 bits per heavy atom. The zero-order valence-electron chi connectivity index (χ0n) is 11.3. The van der Waals surface area contributed by atoms with Crippen molar-refractivity contribution >= 4 is 5.91 Å². The molecule has 1 rings (SSSR count). The van der Waals surface area contributed by atoms with Crippen LogP contribution in [0.5, 0.6) is 0 Å². The Morgan fingerprint density at radius 1 is 1.18 bits per heavy atom. The van der Waals surface area contributed by atoms with Gasteiger partial charge in [-0.1, -0.05) is 52.0 Å². The fourth-order valence-corrected chi connectivity index (χ4v) is 1.64. The first-order valence-electron chi connectivity index (χ1n) is 6.29. The summed E-state index contributed by atoms with van der Waals surface area (Å²) in [6.07, 6.45) is 1.46. The molecule has 2 heteroatoms. The molecule has 17 heavy (non-hydrogen) atoms. The third-order valence-corrected chi connectivity index (χ3v) is 2.88. The van der Waals surface area contributed by atoms with Gasteiger partial charge in [-0.2, -0.15) is 0 Å².